The molecule has 0 aromatic carbocycles. The van der Waals surface area contributed by atoms with E-state index in [1.54, 1.807) is 0 Å². The van der Waals surface area contributed by atoms with Crippen LogP contribution in [0, 0.1) is 0 Å². The zero-order chi connectivity index (χ0) is 16.7. The Morgan fingerprint density at radius 3 is 1.14 bits per heavy atom. The van der Waals surface area contributed by atoms with E-state index in [-0.39, 0.29) is 44.9 Å². The molecule has 0 aliphatic heterocycles. The summed E-state index contributed by atoms with van der Waals surface area (Å²) in [6.45, 7) is 23.5. The Morgan fingerprint density at radius 2 is 1.14 bits per heavy atom. The van der Waals surface area contributed by atoms with Crippen LogP contribution in [-0.2, 0) is 4.74 Å². The molecule has 0 unspecified atom stereocenters. The summed E-state index contributed by atoms with van der Waals surface area (Å²) in [7, 11) is 0.919. The van der Waals surface area contributed by atoms with E-state index in [4.69, 9.17) is 16.0 Å². The summed E-state index contributed by atoms with van der Waals surface area (Å²) in [5, 5.41) is 0. The van der Waals surface area contributed by atoms with E-state index in [2.05, 4.69) is 55.4 Å². The smallest absolute Gasteiger partial charge is 1.00 e. The molecule has 0 aromatic rings. The number of halogens is 1. The van der Waals surface area contributed by atoms with E-state index in [0.29, 0.717) is 11.3 Å². The normalized spacial score (nSPS) is 9.82. The van der Waals surface area contributed by atoms with Crippen molar-refractivity contribution in [3.8, 4) is 0 Å². The summed E-state index contributed by atoms with van der Waals surface area (Å²) >= 11 is 6.02. The topological polar surface area (TPSA) is 9.23 Å². The molecule has 6 heteroatoms. The fourth-order valence-corrected chi connectivity index (χ4v) is 3.99. The van der Waals surface area contributed by atoms with Gasteiger partial charge in [0.05, 0.1) is 0 Å². The maximum atomic E-state index is 6.02. The average Bonchev–Trinajstić information content (AvgIpc) is 2.28. The second-order valence-electron chi connectivity index (χ2n) is 5.79. The first-order chi connectivity index (χ1) is 9.09. The molecule has 0 saturated carbocycles. The third kappa shape index (κ3) is 38.0. The van der Waals surface area contributed by atoms with Crippen LogP contribution in [-0.4, -0.2) is 53.2 Å². The molecule has 1 nitrogen and oxygen atoms in total. The van der Waals surface area contributed by atoms with Gasteiger partial charge in [-0.25, -0.2) is 0 Å². The molecule has 0 radical (unpaired) electrons. The molecule has 0 aliphatic carbocycles. The van der Waals surface area contributed by atoms with Gasteiger partial charge in [0, 0.05) is 13.2 Å². The molecule has 0 heterocycles. The van der Waals surface area contributed by atoms with E-state index in [0.717, 1.165) is 33.1 Å². The van der Waals surface area contributed by atoms with Gasteiger partial charge >= 0.3 is 18.9 Å². The maximum absolute atomic E-state index is 6.02. The Bertz CT molecular complexity index is 175. The van der Waals surface area contributed by atoms with Crippen molar-refractivity contribution >= 4 is 44.5 Å². The van der Waals surface area contributed by atoms with Gasteiger partial charge in [-0.1, -0.05) is 66.6 Å². The van der Waals surface area contributed by atoms with E-state index in [1.807, 2.05) is 13.8 Å². The summed E-state index contributed by atoms with van der Waals surface area (Å²) in [5.74, 6) is 0. The Morgan fingerprint density at radius 1 is 0.864 bits per heavy atom. The monoisotopic (exact) mass is 382 g/mol. The van der Waals surface area contributed by atoms with Gasteiger partial charge in [0.15, 0.2) is 17.4 Å². The van der Waals surface area contributed by atoms with E-state index in [9.17, 15) is 0 Å². The molecule has 134 valence electrons. The second kappa shape index (κ2) is 25.5. The summed E-state index contributed by atoms with van der Waals surface area (Å²) in [4.78, 5) is 0. The molecule has 0 amide bonds. The van der Waals surface area contributed by atoms with Crippen molar-refractivity contribution < 1.29 is 25.0 Å². The minimum atomic E-state index is -0.226. The van der Waals surface area contributed by atoms with Gasteiger partial charge in [-0.3, -0.25) is 0 Å². The average molecular weight is 383 g/mol. The minimum Gasteiger partial charge on any atom is -1.00 e. The van der Waals surface area contributed by atoms with Gasteiger partial charge in [0.25, 0.3) is 0 Å². The molecule has 0 N–H and O–H groups in total. The van der Waals surface area contributed by atoms with Crippen molar-refractivity contribution in [3.63, 3.8) is 0 Å². The quantitative estimate of drug-likeness (QED) is 0.507. The van der Waals surface area contributed by atoms with E-state index >= 15 is 0 Å². The SMILES string of the molecule is CC(C)P(Cl)C(C)C.CC(C)PC(C)C.CCOCC.[AlH3].[H-].[Li+]. The predicted octanol–water partition coefficient (Wildman–Crippen LogP) is 2.90. The predicted molar refractivity (Wildman–Crippen MR) is 115 cm³/mol. The third-order valence-corrected chi connectivity index (χ3v) is 7.71. The number of rotatable bonds is 6. The van der Waals surface area contributed by atoms with Gasteiger partial charge in [-0.2, -0.15) is 0 Å². The van der Waals surface area contributed by atoms with E-state index in [1.165, 1.54) is 0 Å². The van der Waals surface area contributed by atoms with Gasteiger partial charge in [0.1, 0.15) is 0 Å². The number of ether oxygens (including phenoxy) is 1. The van der Waals surface area contributed by atoms with Crippen molar-refractivity contribution in [1.82, 2.24) is 0 Å². The number of hydrogen-bond donors (Lipinski definition) is 0. The summed E-state index contributed by atoms with van der Waals surface area (Å²) in [6.07, 6.45) is 0. The van der Waals surface area contributed by atoms with Crippen LogP contribution in [0.1, 0.15) is 70.7 Å². The Hall–Kier alpha value is 2.24. The van der Waals surface area contributed by atoms with Crippen molar-refractivity contribution in [2.24, 2.45) is 0 Å². The molecule has 0 saturated heterocycles. The van der Waals surface area contributed by atoms with Crippen LogP contribution in [0.3, 0.4) is 0 Å². The first kappa shape index (κ1) is 35.4. The van der Waals surface area contributed by atoms with E-state index < -0.39 is 0 Å². The molecule has 0 aromatic heterocycles. The minimum absolute atomic E-state index is 0. The van der Waals surface area contributed by atoms with Crippen molar-refractivity contribution in [2.45, 2.75) is 91.9 Å². The first-order valence-corrected chi connectivity index (χ1v) is 11.4. The fraction of sp³-hybridized carbons (Fsp3) is 1.00. The molecule has 0 aliphatic rings. The van der Waals surface area contributed by atoms with Crippen molar-refractivity contribution in [1.29, 1.82) is 0 Å². The maximum Gasteiger partial charge on any atom is 1.00 e. The Balaban J connectivity index is -0.0000000452. The van der Waals surface area contributed by atoms with Crippen LogP contribution in [0.15, 0.2) is 0 Å². The summed E-state index contributed by atoms with van der Waals surface area (Å²) in [5.41, 5.74) is 3.15. The zero-order valence-electron chi connectivity index (χ0n) is 17.5. The fourth-order valence-electron chi connectivity index (χ4n) is 1.47. The van der Waals surface area contributed by atoms with Gasteiger partial charge in [-0.15, -0.1) is 8.58 Å². The van der Waals surface area contributed by atoms with Gasteiger partial charge < -0.3 is 6.16 Å². The Kier molecular flexibility index (Phi) is 41.0. The second-order valence-corrected chi connectivity index (χ2v) is 12.4. The van der Waals surface area contributed by atoms with Gasteiger partial charge in [-0.05, 0) is 43.8 Å². The van der Waals surface area contributed by atoms with Crippen LogP contribution in [0.5, 0.6) is 0 Å². The third-order valence-electron chi connectivity index (χ3n) is 2.06. The van der Waals surface area contributed by atoms with Crippen LogP contribution in [0.2, 0.25) is 0 Å². The summed E-state index contributed by atoms with van der Waals surface area (Å²) < 4.78 is 4.83. The van der Waals surface area contributed by atoms with Crippen LogP contribution < -0.4 is 18.9 Å². The van der Waals surface area contributed by atoms with Crippen molar-refractivity contribution in [3.05, 3.63) is 0 Å². The molecule has 0 atom stereocenters. The molecular weight excluding hydrogens is 339 g/mol. The van der Waals surface area contributed by atoms with Crippen LogP contribution in [0.4, 0.5) is 0 Å². The molecular formula is C16H43AlClLiOP2. The van der Waals surface area contributed by atoms with Crippen molar-refractivity contribution in [2.75, 3.05) is 13.2 Å². The molecule has 0 spiro atoms. The Labute approximate surface area is 174 Å². The molecule has 0 fully saturated rings. The standard InChI is InChI=1S/C6H14ClP.C6H15P.C4H10O.Al.Li.4H/c1-5(2)8(7)6(3)4;1-5(2)7-6(3)4;1-3-5-4-2;;;;;;/h5-6H,1-4H3;5-7H,1-4H3;3-4H2,1-2H3;;;;;;/q;;;;+1;;;;-1. The van der Waals surface area contributed by atoms with Crippen LogP contribution >= 0.6 is 27.1 Å². The summed E-state index contributed by atoms with van der Waals surface area (Å²) in [6, 6.07) is 0. The van der Waals surface area contributed by atoms with Crippen LogP contribution in [0.25, 0.3) is 0 Å². The number of hydrogen-bond acceptors (Lipinski definition) is 1. The largest absolute Gasteiger partial charge is 1.00 e. The first-order valence-electron chi connectivity index (χ1n) is 7.87. The molecule has 0 rings (SSSR count). The molecule has 22 heavy (non-hydrogen) atoms. The van der Waals surface area contributed by atoms with Gasteiger partial charge in [0.2, 0.25) is 0 Å². The zero-order valence-corrected chi connectivity index (χ0v) is 19.1. The molecule has 0 bridgehead atoms.